The second-order valence-electron chi connectivity index (χ2n) is 10.8. The molecule has 1 saturated carbocycles. The Labute approximate surface area is 228 Å². The van der Waals surface area contributed by atoms with Crippen LogP contribution < -0.4 is 10.6 Å². The number of hydrogen-bond donors (Lipinski definition) is 4. The Morgan fingerprint density at radius 2 is 1.72 bits per heavy atom. The van der Waals surface area contributed by atoms with Crippen LogP contribution in [-0.2, 0) is 31.0 Å². The van der Waals surface area contributed by atoms with Gasteiger partial charge in [-0.3, -0.25) is 18.9 Å². The molecule has 0 bridgehead atoms. The first-order valence-electron chi connectivity index (χ1n) is 13.8. The number of nitrogens with one attached hydrogen (secondary N) is 2. The highest BCUT2D eigenvalue weighted by Crippen LogP contribution is 2.59. The van der Waals surface area contributed by atoms with Gasteiger partial charge in [0.05, 0.1) is 0 Å². The number of hydrogen-bond acceptors (Lipinski definition) is 4. The lowest BCUT2D eigenvalue weighted by Gasteiger charge is -2.28. The predicted molar refractivity (Wildman–Crippen MR) is 142 cm³/mol. The van der Waals surface area contributed by atoms with E-state index >= 15 is 0 Å². The number of carbonyl (C=O) groups excluding carboxylic acids is 3. The average Bonchev–Trinajstić information content (AvgIpc) is 3.05. The number of benzene rings is 1. The zero-order valence-electron chi connectivity index (χ0n) is 22.4. The molecule has 0 radical (unpaired) electrons. The van der Waals surface area contributed by atoms with E-state index in [1.165, 1.54) is 51.2 Å². The zero-order valence-corrected chi connectivity index (χ0v) is 23.3. The molecular weight excluding hydrogens is 531 g/mol. The molecule has 1 aliphatic carbocycles. The summed E-state index contributed by atoms with van der Waals surface area (Å²) in [7, 11) is -5.71. The van der Waals surface area contributed by atoms with Crippen molar-refractivity contribution in [2.45, 2.75) is 95.3 Å². The largest absolute Gasteiger partial charge is 0.399 e. The van der Waals surface area contributed by atoms with Crippen molar-refractivity contribution in [2.75, 3.05) is 13.1 Å². The van der Waals surface area contributed by atoms with Gasteiger partial charge in [0, 0.05) is 32.0 Å². The summed E-state index contributed by atoms with van der Waals surface area (Å²) in [6.45, 7) is 2.55. The summed E-state index contributed by atoms with van der Waals surface area (Å²) in [5.41, 5.74) is -4.80. The number of carbonyl (C=O) groups is 3. The number of nitrogens with zero attached hydrogens (tertiary/aromatic N) is 1. The van der Waals surface area contributed by atoms with Crippen molar-refractivity contribution in [1.82, 2.24) is 15.5 Å². The molecule has 2 fully saturated rings. The molecule has 39 heavy (non-hydrogen) atoms. The van der Waals surface area contributed by atoms with Crippen LogP contribution in [0, 0.1) is 5.92 Å². The molecule has 218 valence electrons. The van der Waals surface area contributed by atoms with E-state index in [9.17, 15) is 27.7 Å². The fraction of sp³-hybridized carbons (Fsp3) is 0.667. The molecule has 0 aromatic heterocycles. The van der Waals surface area contributed by atoms with Crippen LogP contribution in [0.5, 0.6) is 0 Å². The predicted octanol–water partition coefficient (Wildman–Crippen LogP) is 3.82. The van der Waals surface area contributed by atoms with E-state index in [4.69, 9.17) is 9.79 Å². The van der Waals surface area contributed by atoms with Crippen LogP contribution in [0.15, 0.2) is 24.3 Å². The second kappa shape index (κ2) is 13.8. The summed E-state index contributed by atoms with van der Waals surface area (Å²) in [4.78, 5) is 58.0. The Kier molecular flexibility index (Phi) is 11.0. The van der Waals surface area contributed by atoms with Crippen molar-refractivity contribution in [3.05, 3.63) is 35.4 Å². The van der Waals surface area contributed by atoms with Crippen molar-refractivity contribution in [3.8, 4) is 0 Å². The van der Waals surface area contributed by atoms with Crippen LogP contribution in [0.3, 0.4) is 0 Å². The third kappa shape index (κ3) is 8.82. The van der Waals surface area contributed by atoms with Gasteiger partial charge in [0.25, 0.3) is 0 Å². The monoisotopic (exact) mass is 571 g/mol. The van der Waals surface area contributed by atoms with Crippen molar-refractivity contribution in [1.29, 1.82) is 0 Å². The number of halogens is 2. The van der Waals surface area contributed by atoms with E-state index in [-0.39, 0.29) is 12.3 Å². The Bertz CT molecular complexity index is 1040. The molecule has 1 saturated heterocycles. The van der Waals surface area contributed by atoms with Gasteiger partial charge in [0.1, 0.15) is 12.1 Å². The Hall–Kier alpha value is -2.36. The maximum atomic E-state index is 14.0. The highest BCUT2D eigenvalue weighted by molar-refractivity contribution is 7.52. The van der Waals surface area contributed by atoms with E-state index < -0.39 is 42.7 Å². The van der Waals surface area contributed by atoms with Crippen molar-refractivity contribution in [3.63, 3.8) is 0 Å². The first kappa shape index (κ1) is 31.2. The lowest BCUT2D eigenvalue weighted by Crippen LogP contribution is -2.54. The van der Waals surface area contributed by atoms with Crippen LogP contribution in [0.4, 0.5) is 8.78 Å². The van der Waals surface area contributed by atoms with E-state index in [1.54, 1.807) is 0 Å². The molecule has 2 aliphatic rings. The molecule has 1 aromatic carbocycles. The molecule has 1 aliphatic heterocycles. The van der Waals surface area contributed by atoms with Gasteiger partial charge in [0.2, 0.25) is 17.7 Å². The van der Waals surface area contributed by atoms with Gasteiger partial charge < -0.3 is 25.3 Å². The first-order chi connectivity index (χ1) is 18.4. The molecule has 2 atom stereocenters. The van der Waals surface area contributed by atoms with Gasteiger partial charge in [-0.15, -0.1) is 0 Å². The lowest BCUT2D eigenvalue weighted by molar-refractivity contribution is -0.136. The van der Waals surface area contributed by atoms with Crippen LogP contribution in [0.1, 0.15) is 82.3 Å². The number of rotatable bonds is 11. The van der Waals surface area contributed by atoms with Gasteiger partial charge in [-0.1, -0.05) is 56.4 Å². The Morgan fingerprint density at radius 1 is 1.08 bits per heavy atom. The van der Waals surface area contributed by atoms with Gasteiger partial charge >= 0.3 is 13.3 Å². The van der Waals surface area contributed by atoms with E-state index in [1.807, 2.05) is 4.90 Å². The molecule has 1 heterocycles. The molecule has 0 spiro atoms. The molecule has 3 rings (SSSR count). The van der Waals surface area contributed by atoms with E-state index in [2.05, 4.69) is 10.6 Å². The number of alkyl halides is 2. The highest BCUT2D eigenvalue weighted by atomic mass is 31.2. The van der Waals surface area contributed by atoms with E-state index in [0.717, 1.165) is 43.7 Å². The maximum Gasteiger partial charge on any atom is 0.399 e. The highest BCUT2D eigenvalue weighted by Gasteiger charge is 2.50. The summed E-state index contributed by atoms with van der Waals surface area (Å²) in [6, 6.07) is 2.45. The third-order valence-electron chi connectivity index (χ3n) is 7.66. The molecule has 3 amide bonds. The van der Waals surface area contributed by atoms with E-state index in [0.29, 0.717) is 25.1 Å². The topological polar surface area (TPSA) is 136 Å². The van der Waals surface area contributed by atoms with Crippen LogP contribution in [0.2, 0.25) is 0 Å². The summed E-state index contributed by atoms with van der Waals surface area (Å²) >= 11 is 0. The van der Waals surface area contributed by atoms with Crippen molar-refractivity contribution >= 4 is 25.3 Å². The molecule has 12 heteroatoms. The Morgan fingerprint density at radius 3 is 2.33 bits per heavy atom. The summed E-state index contributed by atoms with van der Waals surface area (Å²) in [5.74, 6) is -0.435. The molecule has 1 aromatic rings. The van der Waals surface area contributed by atoms with Crippen LogP contribution in [-0.4, -0.2) is 57.6 Å². The van der Waals surface area contributed by atoms with Crippen molar-refractivity contribution < 1.29 is 37.5 Å². The van der Waals surface area contributed by atoms with Crippen molar-refractivity contribution in [2.24, 2.45) is 5.92 Å². The minimum atomic E-state index is -5.71. The second-order valence-corrected chi connectivity index (χ2v) is 12.4. The molecule has 4 N–H and O–H groups in total. The average molecular weight is 572 g/mol. The summed E-state index contributed by atoms with van der Waals surface area (Å²) < 4.78 is 39.1. The quantitative estimate of drug-likeness (QED) is 0.298. The maximum absolute atomic E-state index is 14.0. The number of likely N-dealkylation sites (tertiary alicyclic amines) is 1. The van der Waals surface area contributed by atoms with Gasteiger partial charge in [-0.2, -0.15) is 8.78 Å². The first-order valence-corrected chi connectivity index (χ1v) is 15.4. The summed E-state index contributed by atoms with van der Waals surface area (Å²) in [6.07, 6.45) is 10.5. The van der Waals surface area contributed by atoms with Gasteiger partial charge in [0.15, 0.2) is 0 Å². The standard InChI is InChI=1S/C27H40F2N3O6P/c1-19(33)30-24(18-21-12-14-22(15-13-21)27(28,29)39(36,37)38)25(34)31-23-11-5-6-16-32(26(23)35)17-7-10-20-8-3-2-4-9-20/h12-15,20,23-24H,2-11,16-18H2,1H3,(H,30,33)(H,31,34)(H2,36,37,38)/t23-,24-/m0/s1. The SMILES string of the molecule is CC(=O)N[C@@H](Cc1ccc(C(F)(F)P(=O)(O)O)cc1)C(=O)N[C@H]1CCCCN(CCCC2CCCCC2)C1=O. The third-order valence-corrected chi connectivity index (χ3v) is 8.65. The molecular formula is C27H40F2N3O6P. The van der Waals surface area contributed by atoms with Gasteiger partial charge in [-0.05, 0) is 43.6 Å². The van der Waals surface area contributed by atoms with Gasteiger partial charge in [-0.25, -0.2) is 0 Å². The normalized spacial score (nSPS) is 20.3. The molecule has 9 nitrogen and oxygen atoms in total. The molecule has 0 unspecified atom stereocenters. The fourth-order valence-corrected chi connectivity index (χ4v) is 5.97. The lowest BCUT2D eigenvalue weighted by atomic mass is 9.86. The minimum absolute atomic E-state index is 0.0564. The number of amides is 3. The van der Waals surface area contributed by atoms with Crippen LogP contribution >= 0.6 is 7.60 Å². The zero-order chi connectivity index (χ0) is 28.6. The minimum Gasteiger partial charge on any atom is -0.344 e. The van der Waals surface area contributed by atoms with Crippen LogP contribution in [0.25, 0.3) is 0 Å². The smallest absolute Gasteiger partial charge is 0.344 e. The summed E-state index contributed by atoms with van der Waals surface area (Å²) in [5, 5.41) is 5.34. The fourth-order valence-electron chi connectivity index (χ4n) is 5.48. The Balaban J connectivity index is 1.62.